The normalized spacial score (nSPS) is 23.3. The Morgan fingerprint density at radius 3 is 1.34 bits per heavy atom. The molecular formula is C55H50Cl6F4N14O10. The van der Waals surface area contributed by atoms with Crippen LogP contribution in [0.5, 0.6) is 0 Å². The number of aromatic nitrogens is 12. The Hall–Kier alpha value is -6.48. The van der Waals surface area contributed by atoms with E-state index < -0.39 is 132 Å². The molecule has 3 fully saturated rings. The molecule has 24 nitrogen and oxygen atoms in total. The number of rotatable bonds is 16. The highest BCUT2D eigenvalue weighted by Crippen LogP contribution is 2.44. The van der Waals surface area contributed by atoms with Crippen LogP contribution < -0.4 is 0 Å². The number of aliphatic hydroxyl groups excluding tert-OH is 4. The van der Waals surface area contributed by atoms with E-state index in [0.717, 1.165) is 33.6 Å². The third-order valence-electron chi connectivity index (χ3n) is 15.2. The first kappa shape index (κ1) is 64.1. The van der Waals surface area contributed by atoms with Crippen LogP contribution in [0.15, 0.2) is 73.1 Å². The lowest BCUT2D eigenvalue weighted by Gasteiger charge is -2.43. The van der Waals surface area contributed by atoms with Crippen molar-refractivity contribution in [2.75, 3.05) is 52.6 Å². The molecule has 2 amide bonds. The maximum atomic E-state index is 14.7. The van der Waals surface area contributed by atoms with Gasteiger partial charge in [-0.25, -0.2) is 46.3 Å². The zero-order chi connectivity index (χ0) is 63.3. The summed E-state index contributed by atoms with van der Waals surface area (Å²) in [5.41, 5.74) is 0.275. The largest absolute Gasteiger partial charge is 0.394 e. The fraction of sp³-hybridized carbons (Fsp3) is 0.382. The highest BCUT2D eigenvalue weighted by atomic mass is 35.5. The molecule has 0 bridgehead atoms. The highest BCUT2D eigenvalue weighted by Gasteiger charge is 2.52. The molecule has 3 saturated heterocycles. The monoisotopic (exact) mass is 1350 g/mol. The van der Waals surface area contributed by atoms with Crippen LogP contribution in [0.4, 0.5) is 17.6 Å². The predicted molar refractivity (Wildman–Crippen MR) is 310 cm³/mol. The smallest absolute Gasteiger partial charge is 0.248 e. The number of benzene rings is 4. The third kappa shape index (κ3) is 13.1. The highest BCUT2D eigenvalue weighted by molar-refractivity contribution is 6.35. The summed E-state index contributed by atoms with van der Waals surface area (Å²) in [7, 11) is 0. The molecule has 470 valence electrons. The van der Waals surface area contributed by atoms with Crippen LogP contribution >= 0.6 is 69.6 Å². The second-order valence-corrected chi connectivity index (χ2v) is 23.4. The van der Waals surface area contributed by atoms with Gasteiger partial charge in [-0.1, -0.05) is 80.0 Å². The van der Waals surface area contributed by atoms with Crippen molar-refractivity contribution in [1.82, 2.24) is 69.3 Å². The van der Waals surface area contributed by atoms with Gasteiger partial charge in [0.05, 0.1) is 47.0 Å². The number of nitrogens with zero attached hydrogens (tertiary/aromatic N) is 14. The molecule has 0 radical (unpaired) electrons. The van der Waals surface area contributed by atoms with E-state index >= 15 is 0 Å². The van der Waals surface area contributed by atoms with Crippen LogP contribution in [0.2, 0.25) is 30.1 Å². The molecule has 34 heteroatoms. The maximum Gasteiger partial charge on any atom is 0.248 e. The Morgan fingerprint density at radius 1 is 0.584 bits per heavy atom. The first-order valence-electron chi connectivity index (χ1n) is 27.2. The van der Waals surface area contributed by atoms with E-state index in [4.69, 9.17) is 88.6 Å². The topological polar surface area (TPSA) is 281 Å². The summed E-state index contributed by atoms with van der Waals surface area (Å²) in [6.07, 6.45) is -8.89. The minimum absolute atomic E-state index is 0.0350. The number of carbonyl (C=O) groups excluding carboxylic acids is 2. The summed E-state index contributed by atoms with van der Waals surface area (Å²) in [5.74, 6) is -4.96. The van der Waals surface area contributed by atoms with Gasteiger partial charge in [-0.3, -0.25) is 9.59 Å². The van der Waals surface area contributed by atoms with Crippen molar-refractivity contribution in [1.29, 1.82) is 0 Å². The van der Waals surface area contributed by atoms with Gasteiger partial charge in [-0.05, 0) is 80.9 Å². The molecule has 4 N–H and O–H groups in total. The third-order valence-corrected chi connectivity index (χ3v) is 17.0. The first-order valence-corrected chi connectivity index (χ1v) is 29.5. The summed E-state index contributed by atoms with van der Waals surface area (Å²) >= 11 is 37.7. The summed E-state index contributed by atoms with van der Waals surface area (Å²) < 4.78 is 89.6. The number of aliphatic hydroxyl groups is 4. The van der Waals surface area contributed by atoms with E-state index in [2.05, 4.69) is 40.8 Å². The summed E-state index contributed by atoms with van der Waals surface area (Å²) in [6, 6.07) is 10.2. The molecule has 0 spiro atoms. The van der Waals surface area contributed by atoms with Gasteiger partial charge in [0, 0.05) is 47.4 Å². The molecule has 0 aliphatic carbocycles. The van der Waals surface area contributed by atoms with Crippen molar-refractivity contribution in [2.45, 2.75) is 81.2 Å². The fourth-order valence-corrected chi connectivity index (χ4v) is 11.9. The van der Waals surface area contributed by atoms with E-state index in [9.17, 15) is 47.6 Å². The second-order valence-electron chi connectivity index (χ2n) is 20.9. The van der Waals surface area contributed by atoms with Gasteiger partial charge in [0.1, 0.15) is 130 Å². The molecule has 4 aromatic carbocycles. The Labute approximate surface area is 531 Å². The lowest BCUT2D eigenvalue weighted by atomic mass is 9.91. The Bertz CT molecular complexity index is 3670. The van der Waals surface area contributed by atoms with E-state index in [0.29, 0.717) is 0 Å². The number of carbonyl (C=O) groups is 2. The molecule has 8 aromatic rings. The van der Waals surface area contributed by atoms with Crippen molar-refractivity contribution in [3.63, 3.8) is 0 Å². The van der Waals surface area contributed by atoms with Crippen molar-refractivity contribution < 1.29 is 66.5 Å². The van der Waals surface area contributed by atoms with Crippen LogP contribution in [0.3, 0.4) is 0 Å². The Kier molecular flexibility index (Phi) is 19.3. The van der Waals surface area contributed by atoms with E-state index in [1.54, 1.807) is 26.0 Å². The number of hydrogen-bond acceptors (Lipinski definition) is 18. The van der Waals surface area contributed by atoms with Gasteiger partial charge in [-0.15, -0.1) is 10.2 Å². The zero-order valence-corrected chi connectivity index (χ0v) is 50.9. The van der Waals surface area contributed by atoms with Crippen molar-refractivity contribution in [3.05, 3.63) is 150 Å². The zero-order valence-electron chi connectivity index (χ0n) is 46.3. The average Bonchev–Trinajstić information content (AvgIpc) is 1.75. The van der Waals surface area contributed by atoms with Crippen LogP contribution in [0, 0.1) is 37.1 Å². The second kappa shape index (κ2) is 26.8. The van der Waals surface area contributed by atoms with Crippen LogP contribution in [-0.4, -0.2) is 191 Å². The molecule has 10 atom stereocenters. The molecule has 89 heavy (non-hydrogen) atoms. The van der Waals surface area contributed by atoms with Crippen molar-refractivity contribution in [3.8, 4) is 33.9 Å². The van der Waals surface area contributed by atoms with Gasteiger partial charge in [-0.2, -0.15) is 10.2 Å². The molecule has 11 rings (SSSR count). The number of ether oxygens (including phenoxy) is 4. The predicted octanol–water partition coefficient (Wildman–Crippen LogP) is 7.06. The van der Waals surface area contributed by atoms with Gasteiger partial charge >= 0.3 is 0 Å². The molecule has 3 aliphatic rings. The lowest BCUT2D eigenvalue weighted by Crippen LogP contribution is -2.54. The van der Waals surface area contributed by atoms with Gasteiger partial charge in [0.25, 0.3) is 0 Å². The lowest BCUT2D eigenvalue weighted by molar-refractivity contribution is -0.224. The van der Waals surface area contributed by atoms with Gasteiger partial charge in [0.2, 0.25) is 11.8 Å². The molecule has 0 unspecified atom stereocenters. The molecular weight excluding hydrogens is 1310 g/mol. The fourth-order valence-electron chi connectivity index (χ4n) is 10.9. The van der Waals surface area contributed by atoms with E-state index in [1.807, 2.05) is 0 Å². The Morgan fingerprint density at radius 2 is 0.966 bits per heavy atom. The minimum Gasteiger partial charge on any atom is -0.394 e. The summed E-state index contributed by atoms with van der Waals surface area (Å²) in [5, 5.41) is 70.5. The Balaban J connectivity index is 0.858. The van der Waals surface area contributed by atoms with Crippen LogP contribution in [0.25, 0.3) is 33.9 Å². The van der Waals surface area contributed by atoms with Gasteiger partial charge in [0.15, 0.2) is 11.6 Å². The minimum atomic E-state index is -1.65. The van der Waals surface area contributed by atoms with Gasteiger partial charge < -0.3 is 49.2 Å². The SMILES string of the molecule is Cc1nc([C@H]2O[C@@H](CO)[C@@H](O)[C@@H](n3cc(-c4cc(F)c(Cl)c(F)c4)nn3)[C@@H]2OCC(=O)N2CCCN(C(=O)CO[C@@H]3[C@@H](n4cc(-c5cc(F)c(Cl)c(F)c5)nn4)[C@@H](O)[C@@H](CO)O[C@H]3c3nc(C)nn3-c3cc(Cl)ccc3Cl)CC2)n(-c2cc(Cl)ccc2Cl)n1. The summed E-state index contributed by atoms with van der Waals surface area (Å²) in [4.78, 5) is 41.2. The van der Waals surface area contributed by atoms with Crippen molar-refractivity contribution in [2.24, 2.45) is 0 Å². The molecule has 7 heterocycles. The van der Waals surface area contributed by atoms with Crippen molar-refractivity contribution >= 4 is 81.4 Å². The number of halogens is 10. The number of aryl methyl sites for hydroxylation is 2. The summed E-state index contributed by atoms with van der Waals surface area (Å²) in [6.45, 7) is 0.446. The maximum absolute atomic E-state index is 14.7. The van der Waals surface area contributed by atoms with Crippen LogP contribution in [0.1, 0.15) is 54.0 Å². The molecule has 4 aromatic heterocycles. The number of amides is 2. The average molecular weight is 1360 g/mol. The quantitative estimate of drug-likeness (QED) is 0.0556. The van der Waals surface area contributed by atoms with E-state index in [-0.39, 0.29) is 110 Å². The van der Waals surface area contributed by atoms with E-state index in [1.165, 1.54) is 55.8 Å². The standard InChI is InChI=1S/C55H50Cl6F4N14O10/c1-24-66-54(78(70-24)38-16-28(56)4-6-30(38)58)52-50(46(48(84)40(20-80)88-52)76-18-36(68-72-76)26-12-32(62)44(60)33(63)13-26)86-22-42(82)74-8-3-9-75(11-10-74)43(83)23-87-51-47(77-19-37(69-73-77)27-14-34(64)45(61)35(65)15-27)49(85)41(21-81)89-53(51)55-67-25(2)71-79(55)39-17-29(57)5-7-31(39)59/h4-7,12-19,40-41,46-53,80-81,84-85H,3,8-11,20-23H2,1-2H3/t40-,41+,46+,47-,48+,49-,50-,51+,52-,53+. The molecule has 0 saturated carbocycles. The molecule has 3 aliphatic heterocycles. The first-order chi connectivity index (χ1) is 42.6. The van der Waals surface area contributed by atoms with Crippen LogP contribution in [-0.2, 0) is 28.5 Å². The number of hydrogen-bond donors (Lipinski definition) is 4.